The second-order valence-electron chi connectivity index (χ2n) is 6.58. The molecular formula is C15H26N2O3S. The number of nitrogens with one attached hydrogen (secondary N) is 1. The summed E-state index contributed by atoms with van der Waals surface area (Å²) in [5, 5.41) is 12.5. The Hall–Kier alpha value is -0.980. The molecule has 0 aliphatic carbocycles. The number of aliphatic hydroxyl groups is 1. The van der Waals surface area contributed by atoms with E-state index < -0.39 is 6.10 Å². The lowest BCUT2D eigenvalue weighted by atomic mass is 9.91. The largest absolute Gasteiger partial charge is 0.389 e. The number of hydrogen-bond acceptors (Lipinski definition) is 5. The van der Waals surface area contributed by atoms with Gasteiger partial charge >= 0.3 is 0 Å². The Balaban J connectivity index is 2.46. The molecule has 0 saturated carbocycles. The first-order valence-electron chi connectivity index (χ1n) is 7.19. The summed E-state index contributed by atoms with van der Waals surface area (Å²) >= 11 is 1.32. The molecule has 0 bridgehead atoms. The van der Waals surface area contributed by atoms with Crippen molar-refractivity contribution < 1.29 is 14.6 Å². The number of nitrogens with zero attached hydrogens (tertiary/aromatic N) is 1. The van der Waals surface area contributed by atoms with E-state index in [-0.39, 0.29) is 24.5 Å². The molecule has 0 spiro atoms. The topological polar surface area (TPSA) is 71.5 Å². The first kappa shape index (κ1) is 18.1. The molecule has 2 N–H and O–H groups in total. The van der Waals surface area contributed by atoms with Crippen molar-refractivity contribution in [1.29, 1.82) is 0 Å². The van der Waals surface area contributed by atoms with E-state index in [4.69, 9.17) is 4.74 Å². The van der Waals surface area contributed by atoms with Gasteiger partial charge in [0.2, 0.25) is 0 Å². The van der Waals surface area contributed by atoms with Crippen LogP contribution in [0.5, 0.6) is 0 Å². The third-order valence-corrected chi connectivity index (χ3v) is 3.57. The second-order valence-corrected chi connectivity index (χ2v) is 7.43. The predicted octanol–water partition coefficient (Wildman–Crippen LogP) is 2.20. The van der Waals surface area contributed by atoms with Crippen LogP contribution in [0.1, 0.15) is 50.0 Å². The number of aliphatic hydroxyl groups excluding tert-OH is 1. The zero-order valence-corrected chi connectivity index (χ0v) is 14.3. The van der Waals surface area contributed by atoms with Gasteiger partial charge in [-0.1, -0.05) is 34.6 Å². The smallest absolute Gasteiger partial charge is 0.263 e. The summed E-state index contributed by atoms with van der Waals surface area (Å²) in [6.07, 6.45) is -0.696. The van der Waals surface area contributed by atoms with Gasteiger partial charge < -0.3 is 15.2 Å². The van der Waals surface area contributed by atoms with Crippen molar-refractivity contribution >= 4 is 17.2 Å². The van der Waals surface area contributed by atoms with E-state index >= 15 is 0 Å². The summed E-state index contributed by atoms with van der Waals surface area (Å²) in [4.78, 5) is 17.1. The van der Waals surface area contributed by atoms with E-state index in [0.717, 1.165) is 5.69 Å². The van der Waals surface area contributed by atoms with Crippen LogP contribution >= 0.6 is 11.3 Å². The van der Waals surface area contributed by atoms with Crippen LogP contribution in [0.25, 0.3) is 0 Å². The first-order chi connectivity index (χ1) is 9.71. The highest BCUT2D eigenvalue weighted by molar-refractivity contribution is 7.11. The number of rotatable bonds is 7. The second kappa shape index (κ2) is 7.87. The summed E-state index contributed by atoms with van der Waals surface area (Å²) < 4.78 is 5.35. The van der Waals surface area contributed by atoms with E-state index in [9.17, 15) is 9.90 Å². The Morgan fingerprint density at radius 2 is 2.10 bits per heavy atom. The van der Waals surface area contributed by atoms with Crippen molar-refractivity contribution in [2.24, 2.45) is 5.92 Å². The van der Waals surface area contributed by atoms with Crippen LogP contribution in [0.3, 0.4) is 0 Å². The lowest BCUT2D eigenvalue weighted by Gasteiger charge is -2.18. The highest BCUT2D eigenvalue weighted by Gasteiger charge is 2.25. The Labute approximate surface area is 130 Å². The zero-order chi connectivity index (χ0) is 16.0. The van der Waals surface area contributed by atoms with Gasteiger partial charge in [0.15, 0.2) is 0 Å². The van der Waals surface area contributed by atoms with Crippen LogP contribution in [-0.2, 0) is 10.2 Å². The van der Waals surface area contributed by atoms with Gasteiger partial charge in [-0.3, -0.25) is 4.79 Å². The molecule has 1 aromatic heterocycles. The molecule has 1 rings (SSSR count). The molecule has 21 heavy (non-hydrogen) atoms. The Kier molecular flexibility index (Phi) is 6.77. The molecule has 6 heteroatoms. The SMILES string of the molecule is CC(C)COCC(O)CNC(=O)c1scnc1C(C)(C)C. The standard InChI is InChI=1S/C15H26N2O3S/c1-10(2)7-20-8-11(18)6-16-14(19)12-13(15(3,4)5)17-9-21-12/h9-11,18H,6-8H2,1-5H3,(H,16,19). The fourth-order valence-electron chi connectivity index (χ4n) is 1.73. The van der Waals surface area contributed by atoms with Gasteiger partial charge in [0.05, 0.1) is 23.9 Å². The number of ether oxygens (including phenoxy) is 1. The first-order valence-corrected chi connectivity index (χ1v) is 8.07. The number of carbonyl (C=O) groups is 1. The summed E-state index contributed by atoms with van der Waals surface area (Å²) in [6.45, 7) is 11.2. The van der Waals surface area contributed by atoms with Gasteiger partial charge in [0, 0.05) is 18.6 Å². The lowest BCUT2D eigenvalue weighted by Crippen LogP contribution is -2.35. The number of amides is 1. The van der Waals surface area contributed by atoms with Gasteiger partial charge in [0.25, 0.3) is 5.91 Å². The lowest BCUT2D eigenvalue weighted by molar-refractivity contribution is 0.0259. The van der Waals surface area contributed by atoms with Crippen LogP contribution in [0.4, 0.5) is 0 Å². The average Bonchev–Trinajstić information content (AvgIpc) is 2.84. The molecule has 0 aliphatic heterocycles. The van der Waals surface area contributed by atoms with E-state index in [1.807, 2.05) is 34.6 Å². The third kappa shape index (κ3) is 6.11. The minimum atomic E-state index is -0.696. The Morgan fingerprint density at radius 3 is 2.67 bits per heavy atom. The van der Waals surface area contributed by atoms with Crippen molar-refractivity contribution in [2.45, 2.75) is 46.1 Å². The van der Waals surface area contributed by atoms with Crippen LogP contribution in [0.2, 0.25) is 0 Å². The number of hydrogen-bond donors (Lipinski definition) is 2. The molecule has 0 saturated heterocycles. The van der Waals surface area contributed by atoms with Crippen LogP contribution in [-0.4, -0.2) is 41.9 Å². The number of carbonyl (C=O) groups excluding carboxylic acids is 1. The molecule has 1 heterocycles. The van der Waals surface area contributed by atoms with Gasteiger partial charge in [-0.2, -0.15) is 0 Å². The maximum atomic E-state index is 12.2. The molecule has 0 fully saturated rings. The summed E-state index contributed by atoms with van der Waals surface area (Å²) in [5.41, 5.74) is 2.29. The zero-order valence-electron chi connectivity index (χ0n) is 13.5. The maximum Gasteiger partial charge on any atom is 0.263 e. The molecule has 1 atom stereocenters. The van der Waals surface area contributed by atoms with Crippen LogP contribution in [0, 0.1) is 5.92 Å². The monoisotopic (exact) mass is 314 g/mol. The van der Waals surface area contributed by atoms with Crippen molar-refractivity contribution in [3.05, 3.63) is 16.1 Å². The highest BCUT2D eigenvalue weighted by Crippen LogP contribution is 2.26. The molecular weight excluding hydrogens is 288 g/mol. The van der Waals surface area contributed by atoms with Gasteiger partial charge in [-0.05, 0) is 5.92 Å². The molecule has 0 aromatic carbocycles. The highest BCUT2D eigenvalue weighted by atomic mass is 32.1. The van der Waals surface area contributed by atoms with E-state index in [1.165, 1.54) is 11.3 Å². The summed E-state index contributed by atoms with van der Waals surface area (Å²) in [5.74, 6) is 0.240. The summed E-state index contributed by atoms with van der Waals surface area (Å²) in [6, 6.07) is 0. The van der Waals surface area contributed by atoms with Crippen molar-refractivity contribution in [3.8, 4) is 0 Å². The minimum Gasteiger partial charge on any atom is -0.389 e. The fraction of sp³-hybridized carbons (Fsp3) is 0.733. The quantitative estimate of drug-likeness (QED) is 0.809. The summed E-state index contributed by atoms with van der Waals surface area (Å²) in [7, 11) is 0. The predicted molar refractivity (Wildman–Crippen MR) is 84.8 cm³/mol. The number of thiazole rings is 1. The molecule has 1 unspecified atom stereocenters. The van der Waals surface area contributed by atoms with Crippen LogP contribution < -0.4 is 5.32 Å². The van der Waals surface area contributed by atoms with Crippen molar-refractivity contribution in [3.63, 3.8) is 0 Å². The van der Waals surface area contributed by atoms with Gasteiger partial charge in [0.1, 0.15) is 4.88 Å². The molecule has 5 nitrogen and oxygen atoms in total. The maximum absolute atomic E-state index is 12.2. The van der Waals surface area contributed by atoms with Crippen molar-refractivity contribution in [1.82, 2.24) is 10.3 Å². The molecule has 1 amide bonds. The number of aromatic nitrogens is 1. The third-order valence-electron chi connectivity index (χ3n) is 2.74. The van der Waals surface area contributed by atoms with E-state index in [0.29, 0.717) is 17.4 Å². The average molecular weight is 314 g/mol. The molecule has 1 aromatic rings. The molecule has 0 aliphatic rings. The Bertz CT molecular complexity index is 452. The van der Waals surface area contributed by atoms with Crippen molar-refractivity contribution in [2.75, 3.05) is 19.8 Å². The normalized spacial score (nSPS) is 13.5. The van der Waals surface area contributed by atoms with Gasteiger partial charge in [-0.15, -0.1) is 11.3 Å². The Morgan fingerprint density at radius 1 is 1.43 bits per heavy atom. The van der Waals surface area contributed by atoms with Gasteiger partial charge in [-0.25, -0.2) is 4.98 Å². The van der Waals surface area contributed by atoms with Crippen LogP contribution in [0.15, 0.2) is 5.51 Å². The minimum absolute atomic E-state index is 0.175. The van der Waals surface area contributed by atoms with E-state index in [2.05, 4.69) is 10.3 Å². The van der Waals surface area contributed by atoms with E-state index in [1.54, 1.807) is 5.51 Å². The molecule has 120 valence electrons. The fourth-order valence-corrected chi connectivity index (χ4v) is 2.64. The molecule has 0 radical (unpaired) electrons.